The van der Waals surface area contributed by atoms with Crippen molar-refractivity contribution in [2.75, 3.05) is 38.2 Å². The number of carbonyl (C=O) groups is 3. The summed E-state index contributed by atoms with van der Waals surface area (Å²) in [5, 5.41) is 0.158. The number of aromatic amines is 1. The molecule has 0 atom stereocenters. The number of hydrogen-bond acceptors (Lipinski definition) is 10. The van der Waals surface area contributed by atoms with Crippen LogP contribution in [0, 0.1) is 0 Å². The summed E-state index contributed by atoms with van der Waals surface area (Å²) in [5.41, 5.74) is 1.44. The molecule has 0 aliphatic carbocycles. The maximum atomic E-state index is 13.8. The van der Waals surface area contributed by atoms with Crippen LogP contribution in [0.3, 0.4) is 0 Å². The number of alkyl halides is 9. The topological polar surface area (TPSA) is 128 Å². The van der Waals surface area contributed by atoms with Gasteiger partial charge in [0.15, 0.2) is 11.5 Å². The summed E-state index contributed by atoms with van der Waals surface area (Å²) in [6.45, 7) is 0.787. The number of carbonyl (C=O) groups excluding carboxylic acids is 3. The second kappa shape index (κ2) is 15.8. The molecule has 12 nitrogen and oxygen atoms in total. The van der Waals surface area contributed by atoms with Crippen molar-refractivity contribution >= 4 is 45.4 Å². The normalized spacial score (nSPS) is 14.1. The summed E-state index contributed by atoms with van der Waals surface area (Å²) < 4.78 is 137. The van der Waals surface area contributed by atoms with Crippen molar-refractivity contribution in [2.24, 2.45) is 0 Å². The zero-order valence-corrected chi connectivity index (χ0v) is 30.7. The maximum Gasteiger partial charge on any atom is 0.493 e. The number of benzene rings is 3. The number of nitrogens with one attached hydrogen (secondary N) is 1. The number of halogens is 9. The zero-order valence-electron chi connectivity index (χ0n) is 30.7. The molecular formula is C39H28F9N5O7. The highest BCUT2D eigenvalue weighted by Gasteiger charge is 2.46. The van der Waals surface area contributed by atoms with Gasteiger partial charge in [-0.3, -0.25) is 4.90 Å². The van der Waals surface area contributed by atoms with E-state index in [0.717, 1.165) is 22.7 Å². The number of hydrogen-bond donors (Lipinski definition) is 1. The van der Waals surface area contributed by atoms with Gasteiger partial charge >= 0.3 is 36.4 Å². The van der Waals surface area contributed by atoms with E-state index in [4.69, 9.17) is 9.57 Å². The molecule has 0 spiro atoms. The fourth-order valence-corrected chi connectivity index (χ4v) is 6.74. The lowest BCUT2D eigenvalue weighted by Gasteiger charge is -2.36. The SMILES string of the molecule is COc1ccc(-c2ccc(-c3c(CN4CCN(c5cccc6[nH]ccc56)CC4)n(OC(=O)C(F)(F)F)c4ccc(OC(=O)C(F)(F)F)c(OC(=O)C(F)(F)F)c34)cc2)cn1. The third kappa shape index (κ3) is 8.38. The van der Waals surface area contributed by atoms with Gasteiger partial charge in [0.05, 0.1) is 23.7 Å². The van der Waals surface area contributed by atoms with Crippen molar-refractivity contribution in [1.82, 2.24) is 19.6 Å². The fraction of sp³-hybridized carbons (Fsp3) is 0.231. The molecule has 7 rings (SSSR count). The number of methoxy groups -OCH3 is 1. The second-order valence-corrected chi connectivity index (χ2v) is 13.2. The highest BCUT2D eigenvalue weighted by Crippen LogP contribution is 2.47. The van der Waals surface area contributed by atoms with Crippen LogP contribution in [0.4, 0.5) is 45.2 Å². The Morgan fingerprint density at radius 2 is 1.35 bits per heavy atom. The van der Waals surface area contributed by atoms with Crippen molar-refractivity contribution in [3.05, 3.63) is 90.9 Å². The summed E-state index contributed by atoms with van der Waals surface area (Å²) in [4.78, 5) is 52.7. The smallest absolute Gasteiger partial charge is 0.481 e. The van der Waals surface area contributed by atoms with Crippen LogP contribution in [0.5, 0.6) is 17.4 Å². The Balaban J connectivity index is 1.41. The number of aromatic nitrogens is 3. The van der Waals surface area contributed by atoms with E-state index in [1.165, 1.54) is 37.6 Å². The largest absolute Gasteiger partial charge is 0.493 e. The van der Waals surface area contributed by atoms with Crippen LogP contribution in [-0.4, -0.2) is 89.3 Å². The number of nitrogens with zero attached hydrogens (tertiary/aromatic N) is 4. The van der Waals surface area contributed by atoms with E-state index in [2.05, 4.69) is 24.3 Å². The molecular weight excluding hydrogens is 821 g/mol. The Morgan fingerprint density at radius 1 is 0.717 bits per heavy atom. The van der Waals surface area contributed by atoms with E-state index in [-0.39, 0.29) is 42.3 Å². The zero-order chi connectivity index (χ0) is 43.1. The van der Waals surface area contributed by atoms with E-state index in [9.17, 15) is 53.9 Å². The summed E-state index contributed by atoms with van der Waals surface area (Å²) in [6.07, 6.45) is -13.9. The van der Waals surface area contributed by atoms with Gasteiger partial charge in [0.25, 0.3) is 0 Å². The lowest BCUT2D eigenvalue weighted by Crippen LogP contribution is -2.46. The average Bonchev–Trinajstić information content (AvgIpc) is 3.81. The van der Waals surface area contributed by atoms with E-state index in [1.807, 2.05) is 24.3 Å². The Kier molecular flexibility index (Phi) is 10.9. The van der Waals surface area contributed by atoms with Gasteiger partial charge in [-0.05, 0) is 47.5 Å². The minimum atomic E-state index is -5.78. The van der Waals surface area contributed by atoms with Crippen molar-refractivity contribution in [2.45, 2.75) is 25.1 Å². The Bertz CT molecular complexity index is 2580. The molecule has 6 aromatic rings. The molecule has 21 heteroatoms. The molecule has 3 aromatic heterocycles. The Morgan fingerprint density at radius 3 is 1.97 bits per heavy atom. The van der Waals surface area contributed by atoms with Gasteiger partial charge in [0.2, 0.25) is 5.88 Å². The van der Waals surface area contributed by atoms with E-state index >= 15 is 0 Å². The number of ether oxygens (including phenoxy) is 3. The molecule has 0 unspecified atom stereocenters. The molecule has 1 saturated heterocycles. The van der Waals surface area contributed by atoms with E-state index in [1.54, 1.807) is 23.2 Å². The van der Waals surface area contributed by atoms with Gasteiger partial charge in [0, 0.05) is 78.9 Å². The quantitative estimate of drug-likeness (QED) is 0.0882. The first kappa shape index (κ1) is 41.4. The summed E-state index contributed by atoms with van der Waals surface area (Å²) in [5.74, 6) is -11.2. The lowest BCUT2D eigenvalue weighted by atomic mass is 9.97. The lowest BCUT2D eigenvalue weighted by molar-refractivity contribution is -0.199. The molecule has 0 amide bonds. The second-order valence-electron chi connectivity index (χ2n) is 13.2. The number of pyridine rings is 1. The average molecular weight is 850 g/mol. The molecule has 60 heavy (non-hydrogen) atoms. The number of fused-ring (bicyclic) bond motifs is 2. The van der Waals surface area contributed by atoms with Crippen LogP contribution >= 0.6 is 0 Å². The van der Waals surface area contributed by atoms with E-state index < -0.39 is 58.8 Å². The van der Waals surface area contributed by atoms with Crippen LogP contribution < -0.4 is 23.9 Å². The van der Waals surface area contributed by atoms with Crippen molar-refractivity contribution in [3.8, 4) is 39.6 Å². The first-order valence-electron chi connectivity index (χ1n) is 17.6. The molecule has 1 N–H and O–H groups in total. The third-order valence-electron chi connectivity index (χ3n) is 9.48. The van der Waals surface area contributed by atoms with Crippen LogP contribution in [0.1, 0.15) is 5.69 Å². The van der Waals surface area contributed by atoms with Crippen LogP contribution in [0.15, 0.2) is 85.2 Å². The summed E-state index contributed by atoms with van der Waals surface area (Å²) in [6, 6.07) is 17.6. The molecule has 314 valence electrons. The third-order valence-corrected chi connectivity index (χ3v) is 9.48. The molecule has 4 heterocycles. The number of rotatable bonds is 9. The molecule has 0 bridgehead atoms. The Hall–Kier alpha value is -6.77. The van der Waals surface area contributed by atoms with Crippen LogP contribution in [0.2, 0.25) is 0 Å². The monoisotopic (exact) mass is 849 g/mol. The molecule has 0 radical (unpaired) electrons. The van der Waals surface area contributed by atoms with Gasteiger partial charge < -0.3 is 28.9 Å². The number of anilines is 1. The maximum absolute atomic E-state index is 13.8. The summed E-state index contributed by atoms with van der Waals surface area (Å²) in [7, 11) is 1.40. The molecule has 1 fully saturated rings. The first-order valence-corrected chi connectivity index (χ1v) is 17.6. The highest BCUT2D eigenvalue weighted by atomic mass is 19.4. The van der Waals surface area contributed by atoms with Gasteiger partial charge in [-0.15, -0.1) is 0 Å². The molecule has 1 aliphatic heterocycles. The van der Waals surface area contributed by atoms with Crippen molar-refractivity contribution < 1.29 is 72.9 Å². The molecule has 1 aliphatic rings. The highest BCUT2D eigenvalue weighted by molar-refractivity contribution is 6.05. The first-order chi connectivity index (χ1) is 28.3. The van der Waals surface area contributed by atoms with Crippen LogP contribution in [0.25, 0.3) is 44.1 Å². The fourth-order valence-electron chi connectivity index (χ4n) is 6.74. The van der Waals surface area contributed by atoms with Gasteiger partial charge in [-0.25, -0.2) is 19.4 Å². The van der Waals surface area contributed by atoms with Gasteiger partial charge in [-0.1, -0.05) is 30.3 Å². The summed E-state index contributed by atoms with van der Waals surface area (Å²) >= 11 is 0. The van der Waals surface area contributed by atoms with Crippen molar-refractivity contribution in [1.29, 1.82) is 0 Å². The number of H-pyrrole nitrogens is 1. The standard InChI is InChI=1S/C39H28F9N5O7/c1-57-30-12-9-23(19-50-30)21-5-7-22(8-6-21)31-28(20-51-15-17-52(18-16-51)26-4-2-3-25-24(26)13-14-49-25)53(60-36(56)39(46,47)48)27-10-11-29(58-34(54)37(40,41)42)33(32(27)31)59-35(55)38(43,44)45/h2-14,19,49H,15-18,20H2,1H3. The van der Waals surface area contributed by atoms with Crippen LogP contribution in [-0.2, 0) is 20.9 Å². The van der Waals surface area contributed by atoms with Crippen molar-refractivity contribution in [3.63, 3.8) is 0 Å². The van der Waals surface area contributed by atoms with Gasteiger partial charge in [-0.2, -0.15) is 44.2 Å². The number of esters is 2. The Labute approximate surface area is 331 Å². The molecule has 3 aromatic carbocycles. The minimum Gasteiger partial charge on any atom is -0.481 e. The predicted octanol–water partition coefficient (Wildman–Crippen LogP) is 7.64. The predicted molar refractivity (Wildman–Crippen MR) is 194 cm³/mol. The molecule has 0 saturated carbocycles. The van der Waals surface area contributed by atoms with E-state index in [0.29, 0.717) is 35.0 Å². The van der Waals surface area contributed by atoms with Gasteiger partial charge in [0.1, 0.15) is 0 Å². The minimum absolute atomic E-state index is 0.0107. The number of piperazine rings is 1.